The first-order chi connectivity index (χ1) is 5.86. The molecular formula is C8H8F4IN. The minimum absolute atomic E-state index is 0. The number of halogens is 5. The smallest absolute Gasteiger partial charge is 0.266 e. The number of alkyl halides is 4. The zero-order chi connectivity index (χ0) is 10.1. The van der Waals surface area contributed by atoms with E-state index < -0.39 is 17.5 Å². The van der Waals surface area contributed by atoms with Crippen LogP contribution < -0.4 is 5.73 Å². The van der Waals surface area contributed by atoms with Gasteiger partial charge in [0.1, 0.15) is 0 Å². The van der Waals surface area contributed by atoms with Gasteiger partial charge >= 0.3 is 12.0 Å². The van der Waals surface area contributed by atoms with Crippen LogP contribution in [0.2, 0.25) is 0 Å². The molecule has 0 atom stereocenters. The molecule has 1 aromatic carbocycles. The van der Waals surface area contributed by atoms with Gasteiger partial charge in [0.15, 0.2) is 0 Å². The van der Waals surface area contributed by atoms with Crippen molar-refractivity contribution in [3.05, 3.63) is 35.9 Å². The van der Waals surface area contributed by atoms with Crippen LogP contribution in [0.5, 0.6) is 0 Å². The molecule has 0 fully saturated rings. The molecule has 0 radical (unpaired) electrons. The van der Waals surface area contributed by atoms with Gasteiger partial charge in [0, 0.05) is 5.56 Å². The van der Waals surface area contributed by atoms with Crippen molar-refractivity contribution < 1.29 is 17.6 Å². The molecular weight excluding hydrogens is 313 g/mol. The lowest BCUT2D eigenvalue weighted by molar-refractivity contribution is -0.212. The molecule has 0 amide bonds. The number of nitrogens with two attached hydrogens (primary N) is 1. The molecule has 0 heterocycles. The van der Waals surface area contributed by atoms with Crippen LogP contribution in [0, 0.1) is 0 Å². The van der Waals surface area contributed by atoms with E-state index in [2.05, 4.69) is 5.73 Å². The summed E-state index contributed by atoms with van der Waals surface area (Å²) in [6.45, 7) is 0. The predicted octanol–water partition coefficient (Wildman–Crippen LogP) is 2.95. The van der Waals surface area contributed by atoms with E-state index in [9.17, 15) is 17.6 Å². The number of benzene rings is 1. The minimum Gasteiger partial charge on any atom is -0.266 e. The fourth-order valence-corrected chi connectivity index (χ4v) is 0.840. The summed E-state index contributed by atoms with van der Waals surface area (Å²) in [6, 6.07) is 1.22. The van der Waals surface area contributed by atoms with Crippen molar-refractivity contribution in [2.24, 2.45) is 5.73 Å². The molecule has 1 nitrogen and oxygen atoms in total. The van der Waals surface area contributed by atoms with Gasteiger partial charge in [-0.3, -0.25) is 5.73 Å². The maximum Gasteiger partial charge on any atom is 0.367 e. The van der Waals surface area contributed by atoms with Crippen LogP contribution in [-0.2, 0) is 5.92 Å². The van der Waals surface area contributed by atoms with Gasteiger partial charge in [0.2, 0.25) is 0 Å². The molecule has 0 spiro atoms. The van der Waals surface area contributed by atoms with Gasteiger partial charge in [-0.1, -0.05) is 30.3 Å². The molecule has 1 aromatic rings. The van der Waals surface area contributed by atoms with E-state index in [1.165, 1.54) is 18.2 Å². The molecule has 0 aliphatic rings. The summed E-state index contributed by atoms with van der Waals surface area (Å²) in [4.78, 5) is 0. The monoisotopic (exact) mass is 321 g/mol. The highest BCUT2D eigenvalue weighted by atomic mass is 127. The Morgan fingerprint density at radius 1 is 0.929 bits per heavy atom. The number of rotatable bonds is 2. The van der Waals surface area contributed by atoms with Gasteiger partial charge in [-0.05, 0) is 0 Å². The Morgan fingerprint density at radius 3 is 1.71 bits per heavy atom. The normalized spacial score (nSPS) is 12.1. The first-order valence-corrected chi connectivity index (χ1v) is 3.46. The van der Waals surface area contributed by atoms with E-state index in [4.69, 9.17) is 0 Å². The van der Waals surface area contributed by atoms with Crippen molar-refractivity contribution in [2.75, 3.05) is 0 Å². The summed E-state index contributed by atoms with van der Waals surface area (Å²) < 4.78 is 50.0. The van der Waals surface area contributed by atoms with Crippen molar-refractivity contribution in [1.29, 1.82) is 0 Å². The van der Waals surface area contributed by atoms with E-state index in [1.54, 1.807) is 0 Å². The van der Waals surface area contributed by atoms with E-state index in [1.807, 2.05) is 0 Å². The summed E-state index contributed by atoms with van der Waals surface area (Å²) in [5, 5.41) is 0. The molecule has 0 saturated heterocycles. The zero-order valence-electron chi connectivity index (χ0n) is 6.88. The Morgan fingerprint density at radius 2 is 1.36 bits per heavy atom. The molecule has 0 aromatic heterocycles. The van der Waals surface area contributed by atoms with Crippen LogP contribution in [0.4, 0.5) is 17.6 Å². The van der Waals surface area contributed by atoms with E-state index in [0.29, 0.717) is 0 Å². The average Bonchev–Trinajstić information content (AvgIpc) is 2.04. The molecule has 14 heavy (non-hydrogen) atoms. The van der Waals surface area contributed by atoms with Crippen molar-refractivity contribution in [2.45, 2.75) is 12.0 Å². The van der Waals surface area contributed by atoms with Crippen LogP contribution >= 0.6 is 24.0 Å². The van der Waals surface area contributed by atoms with Crippen molar-refractivity contribution >= 4 is 24.0 Å². The summed E-state index contributed by atoms with van der Waals surface area (Å²) in [5.74, 6) is -4.33. The van der Waals surface area contributed by atoms with Crippen LogP contribution in [0.3, 0.4) is 0 Å². The molecule has 0 saturated carbocycles. The fourth-order valence-electron chi connectivity index (χ4n) is 0.840. The molecule has 80 valence electrons. The van der Waals surface area contributed by atoms with Crippen LogP contribution in [0.15, 0.2) is 30.3 Å². The molecule has 6 heteroatoms. The third-order valence-electron chi connectivity index (χ3n) is 1.55. The Balaban J connectivity index is 0.00000169. The summed E-state index contributed by atoms with van der Waals surface area (Å²) in [5.41, 5.74) is 3.27. The van der Waals surface area contributed by atoms with Crippen molar-refractivity contribution in [3.8, 4) is 0 Å². The lowest BCUT2D eigenvalue weighted by Gasteiger charge is -2.22. The highest BCUT2D eigenvalue weighted by Crippen LogP contribution is 2.38. The molecule has 0 bridgehead atoms. The molecule has 0 aliphatic heterocycles. The van der Waals surface area contributed by atoms with Gasteiger partial charge in [-0.2, -0.15) is 17.6 Å². The second-order valence-corrected chi connectivity index (χ2v) is 2.56. The second kappa shape index (κ2) is 4.43. The second-order valence-electron chi connectivity index (χ2n) is 2.56. The van der Waals surface area contributed by atoms with Gasteiger partial charge in [-0.25, -0.2) is 0 Å². The Labute approximate surface area is 95.3 Å². The lowest BCUT2D eigenvalue weighted by Crippen LogP contribution is -2.45. The molecule has 2 N–H and O–H groups in total. The number of hydrogen-bond donors (Lipinski definition) is 1. The maximum atomic E-state index is 12.8. The van der Waals surface area contributed by atoms with Gasteiger partial charge < -0.3 is 0 Å². The summed E-state index contributed by atoms with van der Waals surface area (Å²) in [7, 11) is 0. The van der Waals surface area contributed by atoms with Crippen molar-refractivity contribution in [1.82, 2.24) is 0 Å². The minimum atomic E-state index is -4.53. The topological polar surface area (TPSA) is 26.0 Å². The predicted molar refractivity (Wildman–Crippen MR) is 54.9 cm³/mol. The van der Waals surface area contributed by atoms with Crippen molar-refractivity contribution in [3.63, 3.8) is 0 Å². The quantitative estimate of drug-likeness (QED) is 0.506. The third-order valence-corrected chi connectivity index (χ3v) is 1.55. The number of hydrogen-bond acceptors (Lipinski definition) is 1. The average molecular weight is 321 g/mol. The Kier molecular flexibility index (Phi) is 4.32. The lowest BCUT2D eigenvalue weighted by atomic mass is 10.1. The zero-order valence-corrected chi connectivity index (χ0v) is 9.21. The standard InChI is InChI=1S/C8H7F4N.HI/c9-7(10,8(11,12)13)6-4-2-1-3-5-6;/h1-5H,13H2;1H. The molecule has 1 rings (SSSR count). The van der Waals surface area contributed by atoms with Gasteiger partial charge in [0.25, 0.3) is 0 Å². The first-order valence-electron chi connectivity index (χ1n) is 3.46. The summed E-state index contributed by atoms with van der Waals surface area (Å²) in [6.07, 6.45) is 0. The van der Waals surface area contributed by atoms with E-state index >= 15 is 0 Å². The Bertz CT molecular complexity index is 283. The molecule has 0 aliphatic carbocycles. The largest absolute Gasteiger partial charge is 0.367 e. The van der Waals surface area contributed by atoms with Crippen LogP contribution in [0.1, 0.15) is 5.56 Å². The Hall–Kier alpha value is -0.370. The highest BCUT2D eigenvalue weighted by Gasteiger charge is 2.54. The van der Waals surface area contributed by atoms with Crippen LogP contribution in [-0.4, -0.2) is 6.05 Å². The van der Waals surface area contributed by atoms with Crippen LogP contribution in [0.25, 0.3) is 0 Å². The van der Waals surface area contributed by atoms with E-state index in [0.717, 1.165) is 12.1 Å². The maximum absolute atomic E-state index is 12.8. The summed E-state index contributed by atoms with van der Waals surface area (Å²) >= 11 is 0. The van der Waals surface area contributed by atoms with Gasteiger partial charge in [0.05, 0.1) is 0 Å². The van der Waals surface area contributed by atoms with Gasteiger partial charge in [-0.15, -0.1) is 24.0 Å². The third kappa shape index (κ3) is 2.57. The molecule has 0 unspecified atom stereocenters. The first kappa shape index (κ1) is 13.6. The SMILES string of the molecule is I.NC(F)(F)C(F)(F)c1ccccc1. The highest BCUT2D eigenvalue weighted by molar-refractivity contribution is 14.0. The fraction of sp³-hybridized carbons (Fsp3) is 0.250. The van der Waals surface area contributed by atoms with E-state index in [-0.39, 0.29) is 24.0 Å².